The lowest BCUT2D eigenvalue weighted by Gasteiger charge is -2.11. The van der Waals surface area contributed by atoms with Crippen LogP contribution < -0.4 is 5.32 Å². The average molecular weight is 369 g/mol. The third-order valence-electron chi connectivity index (χ3n) is 4.22. The highest BCUT2D eigenvalue weighted by Gasteiger charge is 2.30. The van der Waals surface area contributed by atoms with Crippen LogP contribution in [0.4, 0.5) is 8.78 Å². The second-order valence-electron chi connectivity index (χ2n) is 6.13. The summed E-state index contributed by atoms with van der Waals surface area (Å²) in [5.74, 6) is -1.98. The Bertz CT molecular complexity index is 954. The van der Waals surface area contributed by atoms with Crippen molar-refractivity contribution in [1.82, 2.24) is 15.1 Å². The average Bonchev–Trinajstić information content (AvgIpc) is 2.98. The lowest BCUT2D eigenvalue weighted by molar-refractivity contribution is 0.0940. The van der Waals surface area contributed by atoms with Crippen LogP contribution in [0, 0.1) is 25.5 Å². The number of aromatic nitrogens is 2. The molecule has 1 N–H and O–H groups in total. The van der Waals surface area contributed by atoms with E-state index in [1.807, 2.05) is 0 Å². The Morgan fingerprint density at radius 3 is 2.64 bits per heavy atom. The lowest BCUT2D eigenvalue weighted by Crippen LogP contribution is -2.36. The standard InChI is InChI=1S/C16H17F2N3O3S/c1-9-15(16(22)19-12-5-6-25(23,24)8-12)10(2)21(20-9)14-4-3-11(17)7-13(14)18/h3-4,7,12H,5-6,8H2,1-2H3,(H,19,22). The zero-order valence-electron chi connectivity index (χ0n) is 13.7. The van der Waals surface area contributed by atoms with Crippen molar-refractivity contribution in [2.24, 2.45) is 0 Å². The normalized spacial score (nSPS) is 19.1. The van der Waals surface area contributed by atoms with Gasteiger partial charge in [-0.25, -0.2) is 21.9 Å². The van der Waals surface area contributed by atoms with E-state index in [0.29, 0.717) is 17.8 Å². The maximum Gasteiger partial charge on any atom is 0.255 e. The first-order valence-electron chi connectivity index (χ1n) is 7.71. The molecular weight excluding hydrogens is 352 g/mol. The largest absolute Gasteiger partial charge is 0.348 e. The number of sulfone groups is 1. The number of nitrogens with one attached hydrogen (secondary N) is 1. The Balaban J connectivity index is 1.90. The summed E-state index contributed by atoms with van der Waals surface area (Å²) in [4.78, 5) is 12.5. The summed E-state index contributed by atoms with van der Waals surface area (Å²) in [5, 5.41) is 6.87. The number of hydrogen-bond acceptors (Lipinski definition) is 4. The molecule has 0 spiro atoms. The third-order valence-corrected chi connectivity index (χ3v) is 5.99. The van der Waals surface area contributed by atoms with Gasteiger partial charge in [0.25, 0.3) is 5.91 Å². The molecule has 6 nitrogen and oxygen atoms in total. The van der Waals surface area contributed by atoms with Crippen molar-refractivity contribution < 1.29 is 22.0 Å². The molecule has 0 saturated carbocycles. The van der Waals surface area contributed by atoms with Crippen LogP contribution in [0.25, 0.3) is 5.69 Å². The molecule has 3 rings (SSSR count). The van der Waals surface area contributed by atoms with E-state index in [2.05, 4.69) is 10.4 Å². The zero-order chi connectivity index (χ0) is 18.4. The maximum absolute atomic E-state index is 14.0. The van der Waals surface area contributed by atoms with E-state index >= 15 is 0 Å². The number of aryl methyl sites for hydroxylation is 1. The first-order chi connectivity index (χ1) is 11.7. The Kier molecular flexibility index (Phi) is 4.36. The number of carbonyl (C=O) groups excluding carboxylic acids is 1. The molecule has 9 heteroatoms. The molecule has 1 atom stereocenters. The van der Waals surface area contributed by atoms with E-state index in [9.17, 15) is 22.0 Å². The van der Waals surface area contributed by atoms with Gasteiger partial charge in [0, 0.05) is 12.1 Å². The van der Waals surface area contributed by atoms with Gasteiger partial charge in [0.05, 0.1) is 28.5 Å². The van der Waals surface area contributed by atoms with Gasteiger partial charge in [0.2, 0.25) is 0 Å². The van der Waals surface area contributed by atoms with Crippen LogP contribution in [-0.2, 0) is 9.84 Å². The highest BCUT2D eigenvalue weighted by atomic mass is 32.2. The van der Waals surface area contributed by atoms with Crippen LogP contribution in [0.15, 0.2) is 18.2 Å². The summed E-state index contributed by atoms with van der Waals surface area (Å²) < 4.78 is 51.3. The Hall–Kier alpha value is -2.29. The quantitative estimate of drug-likeness (QED) is 0.893. The van der Waals surface area contributed by atoms with Gasteiger partial charge in [-0.05, 0) is 32.4 Å². The van der Waals surface area contributed by atoms with Crippen molar-refractivity contribution in [1.29, 1.82) is 0 Å². The molecule has 1 saturated heterocycles. The molecule has 0 bridgehead atoms. The van der Waals surface area contributed by atoms with Crippen LogP contribution >= 0.6 is 0 Å². The molecular formula is C16H17F2N3O3S. The van der Waals surface area contributed by atoms with Crippen molar-refractivity contribution in [2.75, 3.05) is 11.5 Å². The first-order valence-corrected chi connectivity index (χ1v) is 9.53. The third kappa shape index (κ3) is 3.41. The molecule has 1 fully saturated rings. The molecule has 1 aromatic heterocycles. The van der Waals surface area contributed by atoms with Crippen LogP contribution in [-0.4, -0.2) is 41.7 Å². The van der Waals surface area contributed by atoms with Crippen molar-refractivity contribution in [2.45, 2.75) is 26.3 Å². The molecule has 1 unspecified atom stereocenters. The van der Waals surface area contributed by atoms with E-state index in [1.165, 1.54) is 10.7 Å². The number of hydrogen-bond donors (Lipinski definition) is 1. The minimum absolute atomic E-state index is 0.0319. The number of benzene rings is 1. The van der Waals surface area contributed by atoms with E-state index in [1.54, 1.807) is 13.8 Å². The Labute approximate surface area is 143 Å². The van der Waals surface area contributed by atoms with Crippen molar-refractivity contribution >= 4 is 15.7 Å². The van der Waals surface area contributed by atoms with Gasteiger partial charge in [-0.3, -0.25) is 4.79 Å². The summed E-state index contributed by atoms with van der Waals surface area (Å²) in [6, 6.07) is 2.66. The maximum atomic E-state index is 14.0. The van der Waals surface area contributed by atoms with Crippen molar-refractivity contribution in [3.63, 3.8) is 0 Å². The molecule has 0 radical (unpaired) electrons. The SMILES string of the molecule is Cc1nn(-c2ccc(F)cc2F)c(C)c1C(=O)NC1CCS(=O)(=O)C1. The fourth-order valence-corrected chi connectivity index (χ4v) is 4.70. The fourth-order valence-electron chi connectivity index (χ4n) is 3.03. The molecule has 1 aliphatic heterocycles. The molecule has 2 heterocycles. The van der Waals surface area contributed by atoms with E-state index < -0.39 is 33.4 Å². The summed E-state index contributed by atoms with van der Waals surface area (Å²) in [6.07, 6.45) is 0.368. The van der Waals surface area contributed by atoms with Gasteiger partial charge >= 0.3 is 0 Å². The predicted octanol–water partition coefficient (Wildman–Crippen LogP) is 1.68. The lowest BCUT2D eigenvalue weighted by atomic mass is 10.1. The zero-order valence-corrected chi connectivity index (χ0v) is 14.5. The summed E-state index contributed by atoms with van der Waals surface area (Å²) in [7, 11) is -3.11. The van der Waals surface area contributed by atoms with Crippen LogP contribution in [0.5, 0.6) is 0 Å². The number of carbonyl (C=O) groups is 1. The highest BCUT2D eigenvalue weighted by molar-refractivity contribution is 7.91. The highest BCUT2D eigenvalue weighted by Crippen LogP contribution is 2.21. The predicted molar refractivity (Wildman–Crippen MR) is 87.5 cm³/mol. The second-order valence-corrected chi connectivity index (χ2v) is 8.36. The molecule has 0 aliphatic carbocycles. The van der Waals surface area contributed by atoms with Crippen molar-refractivity contribution in [3.05, 3.63) is 46.8 Å². The molecule has 2 aromatic rings. The monoisotopic (exact) mass is 369 g/mol. The van der Waals surface area contributed by atoms with E-state index in [-0.39, 0.29) is 22.8 Å². The molecule has 25 heavy (non-hydrogen) atoms. The van der Waals surface area contributed by atoms with E-state index in [4.69, 9.17) is 0 Å². The van der Waals surface area contributed by atoms with Gasteiger partial charge in [0.15, 0.2) is 15.7 Å². The van der Waals surface area contributed by atoms with Crippen LogP contribution in [0.3, 0.4) is 0 Å². The first kappa shape index (κ1) is 17.5. The molecule has 134 valence electrons. The van der Waals surface area contributed by atoms with E-state index in [0.717, 1.165) is 12.1 Å². The van der Waals surface area contributed by atoms with Crippen LogP contribution in [0.1, 0.15) is 28.2 Å². The van der Waals surface area contributed by atoms with Gasteiger partial charge in [-0.2, -0.15) is 5.10 Å². The van der Waals surface area contributed by atoms with Crippen LogP contribution in [0.2, 0.25) is 0 Å². The van der Waals surface area contributed by atoms with Crippen molar-refractivity contribution in [3.8, 4) is 5.69 Å². The number of halogens is 2. The summed E-state index contributed by atoms with van der Waals surface area (Å²) in [6.45, 7) is 3.20. The summed E-state index contributed by atoms with van der Waals surface area (Å²) in [5.41, 5.74) is 1.05. The van der Waals surface area contributed by atoms with Gasteiger partial charge in [0.1, 0.15) is 11.5 Å². The number of nitrogens with zero attached hydrogens (tertiary/aromatic N) is 2. The Morgan fingerprint density at radius 1 is 1.32 bits per heavy atom. The molecule has 1 aliphatic rings. The Morgan fingerprint density at radius 2 is 2.04 bits per heavy atom. The minimum Gasteiger partial charge on any atom is -0.348 e. The minimum atomic E-state index is -3.11. The van der Waals surface area contributed by atoms with Gasteiger partial charge in [-0.15, -0.1) is 0 Å². The fraction of sp³-hybridized carbons (Fsp3) is 0.375. The smallest absolute Gasteiger partial charge is 0.255 e. The van der Waals surface area contributed by atoms with Gasteiger partial charge in [-0.1, -0.05) is 0 Å². The second kappa shape index (κ2) is 6.21. The molecule has 1 aromatic carbocycles. The van der Waals surface area contributed by atoms with Gasteiger partial charge < -0.3 is 5.32 Å². The number of amides is 1. The topological polar surface area (TPSA) is 81.1 Å². The summed E-state index contributed by atoms with van der Waals surface area (Å²) >= 11 is 0. The number of rotatable bonds is 3. The molecule has 1 amide bonds.